The first-order valence-electron chi connectivity index (χ1n) is 10.3. The number of nitrogens with zero attached hydrogens (tertiary/aromatic N) is 4. The Bertz CT molecular complexity index is 969. The van der Waals surface area contributed by atoms with Crippen LogP contribution in [0.1, 0.15) is 37.7 Å². The van der Waals surface area contributed by atoms with Gasteiger partial charge < -0.3 is 15.5 Å². The summed E-state index contributed by atoms with van der Waals surface area (Å²) in [5.41, 5.74) is 6.90. The summed E-state index contributed by atoms with van der Waals surface area (Å²) in [6.07, 6.45) is 5.69. The fourth-order valence-electron chi connectivity index (χ4n) is 4.69. The summed E-state index contributed by atoms with van der Waals surface area (Å²) in [7, 11) is -3.56. The van der Waals surface area contributed by atoms with Crippen LogP contribution >= 0.6 is 0 Å². The Kier molecular flexibility index (Phi) is 5.44. The number of sulfonamides is 1. The number of likely N-dealkylation sites (tertiary alicyclic amines) is 1. The molecule has 1 aromatic carbocycles. The standard InChI is InChI=1S/C20H27N5O4S/c1-30(28,29)22-19(23-11-4-5-12-23)14-7-9-15(10-8-14)25-17(18(21)26)16-6-2-3-13-24(16)20(25)27/h7-10,16-17H,2-6,11-13H2,1H3,(H2,21,26)/t16-,17?/m1/s1. The molecule has 3 aliphatic rings. The zero-order valence-corrected chi connectivity index (χ0v) is 17.8. The maximum atomic E-state index is 13.0. The van der Waals surface area contributed by atoms with Crippen molar-refractivity contribution in [2.75, 3.05) is 30.8 Å². The van der Waals surface area contributed by atoms with Crippen LogP contribution in [0.4, 0.5) is 10.5 Å². The minimum Gasteiger partial charge on any atom is -0.368 e. The monoisotopic (exact) mass is 433 g/mol. The lowest BCUT2D eigenvalue weighted by Crippen LogP contribution is -2.48. The average molecular weight is 434 g/mol. The number of nitrogens with two attached hydrogens (primary N) is 1. The number of hydrogen-bond acceptors (Lipinski definition) is 4. The molecule has 162 valence electrons. The maximum absolute atomic E-state index is 13.0. The van der Waals surface area contributed by atoms with Crippen molar-refractivity contribution >= 4 is 33.5 Å². The van der Waals surface area contributed by atoms with E-state index in [2.05, 4.69) is 4.40 Å². The van der Waals surface area contributed by atoms with Crippen LogP contribution in [0.3, 0.4) is 0 Å². The minimum absolute atomic E-state index is 0.199. The number of amides is 3. The van der Waals surface area contributed by atoms with Crippen LogP contribution in [-0.2, 0) is 14.8 Å². The highest BCUT2D eigenvalue weighted by Gasteiger charge is 2.49. The smallest absolute Gasteiger partial charge is 0.325 e. The van der Waals surface area contributed by atoms with Crippen LogP contribution in [0.15, 0.2) is 28.7 Å². The van der Waals surface area contributed by atoms with Gasteiger partial charge in [-0.25, -0.2) is 13.2 Å². The van der Waals surface area contributed by atoms with E-state index in [-0.39, 0.29) is 12.1 Å². The lowest BCUT2D eigenvalue weighted by molar-refractivity contribution is -0.119. The number of hydrogen-bond donors (Lipinski definition) is 1. The van der Waals surface area contributed by atoms with Crippen molar-refractivity contribution in [2.45, 2.75) is 44.2 Å². The van der Waals surface area contributed by atoms with E-state index in [4.69, 9.17) is 5.73 Å². The molecule has 0 saturated carbocycles. The van der Waals surface area contributed by atoms with Crippen LogP contribution in [-0.4, -0.2) is 74.0 Å². The average Bonchev–Trinajstić information content (AvgIpc) is 3.33. The van der Waals surface area contributed by atoms with Crippen molar-refractivity contribution in [3.63, 3.8) is 0 Å². The number of primary amides is 1. The predicted octanol–water partition coefficient (Wildman–Crippen LogP) is 1.14. The molecular formula is C20H27N5O4S. The lowest BCUT2D eigenvalue weighted by atomic mass is 9.97. The van der Waals surface area contributed by atoms with Crippen molar-refractivity contribution in [3.8, 4) is 0 Å². The van der Waals surface area contributed by atoms with Crippen LogP contribution in [0, 0.1) is 0 Å². The van der Waals surface area contributed by atoms with Gasteiger partial charge in [-0.05, 0) is 56.4 Å². The van der Waals surface area contributed by atoms with Gasteiger partial charge in [0, 0.05) is 30.9 Å². The SMILES string of the molecule is CS(=O)(=O)N=C(c1ccc(N2C(=O)N3CCCC[C@@H]3C2C(N)=O)cc1)N1CCCC1. The van der Waals surface area contributed by atoms with E-state index in [1.807, 2.05) is 4.90 Å². The van der Waals surface area contributed by atoms with Gasteiger partial charge >= 0.3 is 6.03 Å². The summed E-state index contributed by atoms with van der Waals surface area (Å²) in [6.45, 7) is 2.13. The first kappa shape index (κ1) is 20.6. The Balaban J connectivity index is 1.67. The van der Waals surface area contributed by atoms with E-state index in [0.29, 0.717) is 23.6 Å². The molecule has 2 N–H and O–H groups in total. The quantitative estimate of drug-likeness (QED) is 0.564. The second-order valence-electron chi connectivity index (χ2n) is 8.15. The molecule has 1 aromatic rings. The summed E-state index contributed by atoms with van der Waals surface area (Å²) in [5, 5.41) is 0. The molecule has 3 heterocycles. The van der Waals surface area contributed by atoms with Gasteiger partial charge in [0.1, 0.15) is 11.9 Å². The lowest BCUT2D eigenvalue weighted by Gasteiger charge is -2.29. The molecule has 0 aliphatic carbocycles. The Morgan fingerprint density at radius 1 is 1.07 bits per heavy atom. The molecule has 4 rings (SSSR count). The van der Waals surface area contributed by atoms with Crippen molar-refractivity contribution in [3.05, 3.63) is 29.8 Å². The largest absolute Gasteiger partial charge is 0.368 e. The summed E-state index contributed by atoms with van der Waals surface area (Å²) in [6, 6.07) is 5.86. The topological polar surface area (TPSA) is 116 Å². The number of urea groups is 1. The van der Waals surface area contributed by atoms with Crippen molar-refractivity contribution in [1.82, 2.24) is 9.80 Å². The number of carbonyl (C=O) groups is 2. The number of carbonyl (C=O) groups excluding carboxylic acids is 2. The second-order valence-corrected chi connectivity index (χ2v) is 9.79. The number of anilines is 1. The van der Waals surface area contributed by atoms with Gasteiger partial charge in [0.05, 0.1) is 12.3 Å². The number of piperidine rings is 1. The van der Waals surface area contributed by atoms with Crippen LogP contribution in [0.25, 0.3) is 0 Å². The van der Waals surface area contributed by atoms with Crippen LogP contribution < -0.4 is 10.6 Å². The van der Waals surface area contributed by atoms with Crippen LogP contribution in [0.5, 0.6) is 0 Å². The Morgan fingerprint density at radius 3 is 2.30 bits per heavy atom. The van der Waals surface area contributed by atoms with E-state index < -0.39 is 22.0 Å². The second kappa shape index (κ2) is 7.90. The Morgan fingerprint density at radius 2 is 1.70 bits per heavy atom. The van der Waals surface area contributed by atoms with Gasteiger partial charge in [-0.1, -0.05) is 0 Å². The molecule has 3 saturated heterocycles. The molecule has 3 amide bonds. The van der Waals surface area contributed by atoms with E-state index in [1.165, 1.54) is 4.90 Å². The molecule has 3 aliphatic heterocycles. The molecule has 9 nitrogen and oxygen atoms in total. The normalized spacial score (nSPS) is 25.0. The number of fused-ring (bicyclic) bond motifs is 1. The first-order valence-corrected chi connectivity index (χ1v) is 12.2. The van der Waals surface area contributed by atoms with E-state index in [0.717, 1.165) is 51.4 Å². The first-order chi connectivity index (χ1) is 14.3. The highest BCUT2D eigenvalue weighted by Crippen LogP contribution is 2.34. The number of amidine groups is 1. The number of rotatable bonds is 4. The maximum Gasteiger partial charge on any atom is 0.325 e. The highest BCUT2D eigenvalue weighted by molar-refractivity contribution is 7.89. The van der Waals surface area contributed by atoms with Gasteiger partial charge in [-0.15, -0.1) is 4.40 Å². The molecule has 3 fully saturated rings. The zero-order chi connectivity index (χ0) is 21.5. The van der Waals surface area contributed by atoms with Gasteiger partial charge in [0.25, 0.3) is 10.0 Å². The van der Waals surface area contributed by atoms with Gasteiger partial charge in [-0.3, -0.25) is 9.69 Å². The molecule has 0 bridgehead atoms. The summed E-state index contributed by atoms with van der Waals surface area (Å²) in [5.74, 6) is -0.101. The van der Waals surface area contributed by atoms with Gasteiger partial charge in [0.15, 0.2) is 0 Å². The zero-order valence-electron chi connectivity index (χ0n) is 17.0. The third-order valence-electron chi connectivity index (χ3n) is 6.00. The van der Waals surface area contributed by atoms with Gasteiger partial charge in [0.2, 0.25) is 5.91 Å². The van der Waals surface area contributed by atoms with Crippen LogP contribution in [0.2, 0.25) is 0 Å². The Labute approximate surface area is 176 Å². The fourth-order valence-corrected chi connectivity index (χ4v) is 5.23. The highest BCUT2D eigenvalue weighted by atomic mass is 32.2. The third kappa shape index (κ3) is 3.88. The van der Waals surface area contributed by atoms with E-state index in [1.54, 1.807) is 29.2 Å². The molecule has 0 spiro atoms. The molecule has 30 heavy (non-hydrogen) atoms. The molecule has 0 radical (unpaired) electrons. The van der Waals surface area contributed by atoms with E-state index in [9.17, 15) is 18.0 Å². The minimum atomic E-state index is -3.56. The molecular weight excluding hydrogens is 406 g/mol. The summed E-state index contributed by atoms with van der Waals surface area (Å²) >= 11 is 0. The molecule has 0 aromatic heterocycles. The van der Waals surface area contributed by atoms with Crippen molar-refractivity contribution in [1.29, 1.82) is 0 Å². The third-order valence-corrected chi connectivity index (χ3v) is 6.50. The summed E-state index contributed by atoms with van der Waals surface area (Å²) < 4.78 is 27.6. The fraction of sp³-hybridized carbons (Fsp3) is 0.550. The molecule has 10 heteroatoms. The predicted molar refractivity (Wildman–Crippen MR) is 114 cm³/mol. The van der Waals surface area contributed by atoms with E-state index >= 15 is 0 Å². The molecule has 2 atom stereocenters. The van der Waals surface area contributed by atoms with Gasteiger partial charge in [-0.2, -0.15) is 0 Å². The molecule has 1 unspecified atom stereocenters. The number of benzene rings is 1. The van der Waals surface area contributed by atoms with Crippen molar-refractivity contribution < 1.29 is 18.0 Å². The summed E-state index contributed by atoms with van der Waals surface area (Å²) in [4.78, 5) is 30.4. The Hall–Kier alpha value is -2.62. The van der Waals surface area contributed by atoms with Crippen molar-refractivity contribution in [2.24, 2.45) is 10.1 Å².